The molecule has 0 aliphatic heterocycles. The van der Waals surface area contributed by atoms with Crippen LogP contribution in [0.3, 0.4) is 0 Å². The summed E-state index contributed by atoms with van der Waals surface area (Å²) >= 11 is 6.22. The highest BCUT2D eigenvalue weighted by molar-refractivity contribution is 9.28. The molecular formula is C16H16Br2O3S. The van der Waals surface area contributed by atoms with Gasteiger partial charge in [-0.25, -0.2) is 8.42 Å². The van der Waals surface area contributed by atoms with E-state index in [0.717, 1.165) is 11.1 Å². The van der Waals surface area contributed by atoms with E-state index in [1.165, 1.54) is 6.92 Å². The lowest BCUT2D eigenvalue weighted by Gasteiger charge is -2.26. The average Bonchev–Trinajstić information content (AvgIpc) is 2.55. The summed E-state index contributed by atoms with van der Waals surface area (Å²) in [5.41, 5.74) is 2.59. The minimum Gasteiger partial charge on any atom is -0.385 e. The monoisotopic (exact) mass is 446 g/mol. The number of aliphatic hydroxyl groups excluding tert-OH is 1. The SMILES string of the molecule is CCS(=O)(=O)C(Br)(Br)C(O)c1ccc(-c2ccccc2)cc1. The van der Waals surface area contributed by atoms with E-state index in [-0.39, 0.29) is 5.75 Å². The van der Waals surface area contributed by atoms with Crippen molar-refractivity contribution in [2.45, 2.75) is 15.6 Å². The molecule has 0 aliphatic carbocycles. The van der Waals surface area contributed by atoms with Crippen molar-refractivity contribution in [2.75, 3.05) is 5.75 Å². The molecule has 1 atom stereocenters. The Morgan fingerprint density at radius 3 is 2.00 bits per heavy atom. The Kier molecular flexibility index (Phi) is 5.48. The predicted molar refractivity (Wildman–Crippen MR) is 96.9 cm³/mol. The van der Waals surface area contributed by atoms with Crippen LogP contribution >= 0.6 is 31.9 Å². The first-order valence-electron chi connectivity index (χ1n) is 6.73. The zero-order valence-electron chi connectivity index (χ0n) is 11.9. The normalized spacial score (nSPS) is 13.8. The van der Waals surface area contributed by atoms with Crippen LogP contribution in [0.4, 0.5) is 0 Å². The molecule has 1 unspecified atom stereocenters. The molecule has 2 aromatic carbocycles. The van der Waals surface area contributed by atoms with Crippen LogP contribution in [-0.2, 0) is 9.84 Å². The average molecular weight is 448 g/mol. The molecule has 0 bridgehead atoms. The van der Waals surface area contributed by atoms with Gasteiger partial charge in [-0.3, -0.25) is 0 Å². The maximum absolute atomic E-state index is 12.1. The van der Waals surface area contributed by atoms with Crippen LogP contribution in [0.5, 0.6) is 0 Å². The summed E-state index contributed by atoms with van der Waals surface area (Å²) in [5.74, 6) is -0.0807. The van der Waals surface area contributed by atoms with Crippen LogP contribution in [0.15, 0.2) is 54.6 Å². The Morgan fingerprint density at radius 1 is 1.00 bits per heavy atom. The molecule has 0 heterocycles. The number of alkyl halides is 2. The van der Waals surface area contributed by atoms with Crippen LogP contribution in [0.2, 0.25) is 0 Å². The summed E-state index contributed by atoms with van der Waals surface area (Å²) < 4.78 is 22.6. The first-order chi connectivity index (χ1) is 10.3. The Hall–Kier alpha value is -0.690. The minimum atomic E-state index is -3.52. The van der Waals surface area contributed by atoms with Crippen molar-refractivity contribution < 1.29 is 13.5 Å². The number of rotatable bonds is 5. The summed E-state index contributed by atoms with van der Waals surface area (Å²) in [4.78, 5) is 0. The van der Waals surface area contributed by atoms with Crippen LogP contribution in [-0.4, -0.2) is 21.8 Å². The number of hydrogen-bond donors (Lipinski definition) is 1. The number of benzene rings is 2. The van der Waals surface area contributed by atoms with Crippen molar-refractivity contribution in [3.05, 3.63) is 60.2 Å². The Balaban J connectivity index is 2.31. The van der Waals surface area contributed by atoms with Crippen molar-refractivity contribution in [1.82, 2.24) is 0 Å². The fourth-order valence-electron chi connectivity index (χ4n) is 2.05. The van der Waals surface area contributed by atoms with E-state index in [1.807, 2.05) is 42.5 Å². The van der Waals surface area contributed by atoms with Crippen molar-refractivity contribution in [2.24, 2.45) is 0 Å². The van der Waals surface area contributed by atoms with Gasteiger partial charge in [0.2, 0.25) is 2.57 Å². The summed E-state index contributed by atoms with van der Waals surface area (Å²) in [6.07, 6.45) is -1.22. The molecule has 2 aromatic rings. The lowest BCUT2D eigenvalue weighted by Crippen LogP contribution is -2.33. The summed E-state index contributed by atoms with van der Waals surface area (Å²) in [7, 11) is -3.52. The molecule has 0 fully saturated rings. The molecule has 0 aliphatic rings. The largest absolute Gasteiger partial charge is 0.385 e. The second-order valence-corrected chi connectivity index (χ2v) is 11.9. The topological polar surface area (TPSA) is 54.4 Å². The molecule has 22 heavy (non-hydrogen) atoms. The molecule has 0 saturated carbocycles. The standard InChI is InChI=1S/C16H16Br2O3S/c1-2-22(20,21)16(17,18)15(19)14-10-8-13(9-11-14)12-6-4-3-5-7-12/h3-11,15,19H,2H2,1H3. The quantitative estimate of drug-likeness (QED) is 0.696. The molecule has 1 N–H and O–H groups in total. The highest BCUT2D eigenvalue weighted by Crippen LogP contribution is 2.44. The molecule has 0 amide bonds. The number of aliphatic hydroxyl groups is 1. The van der Waals surface area contributed by atoms with Gasteiger partial charge in [-0.15, -0.1) is 0 Å². The smallest absolute Gasteiger partial charge is 0.210 e. The molecule has 0 spiro atoms. The number of halogens is 2. The maximum atomic E-state index is 12.1. The molecule has 0 radical (unpaired) electrons. The van der Waals surface area contributed by atoms with Crippen molar-refractivity contribution in [3.63, 3.8) is 0 Å². The summed E-state index contributed by atoms with van der Waals surface area (Å²) in [6, 6.07) is 17.0. The third-order valence-electron chi connectivity index (χ3n) is 3.45. The third kappa shape index (κ3) is 3.45. The van der Waals surface area contributed by atoms with E-state index in [9.17, 15) is 13.5 Å². The van der Waals surface area contributed by atoms with Gasteiger partial charge in [-0.1, -0.05) is 93.4 Å². The Labute approximate surface area is 147 Å². The first kappa shape index (κ1) is 17.7. The van der Waals surface area contributed by atoms with Crippen molar-refractivity contribution in [3.8, 4) is 11.1 Å². The van der Waals surface area contributed by atoms with E-state index in [4.69, 9.17) is 0 Å². The summed E-state index contributed by atoms with van der Waals surface area (Å²) in [6.45, 7) is 1.54. The third-order valence-corrected chi connectivity index (χ3v) is 9.09. The molecule has 0 aromatic heterocycles. The van der Waals surface area contributed by atoms with Crippen LogP contribution in [0.25, 0.3) is 11.1 Å². The number of sulfone groups is 1. The molecule has 118 valence electrons. The molecule has 6 heteroatoms. The van der Waals surface area contributed by atoms with Crippen LogP contribution in [0.1, 0.15) is 18.6 Å². The fraction of sp³-hybridized carbons (Fsp3) is 0.250. The van der Waals surface area contributed by atoms with Gasteiger partial charge in [-0.05, 0) is 16.7 Å². The molecule has 2 rings (SSSR count). The highest BCUT2D eigenvalue weighted by atomic mass is 79.9. The van der Waals surface area contributed by atoms with E-state index in [2.05, 4.69) is 31.9 Å². The molecule has 3 nitrogen and oxygen atoms in total. The van der Waals surface area contributed by atoms with Gasteiger partial charge >= 0.3 is 0 Å². The van der Waals surface area contributed by atoms with Crippen molar-refractivity contribution in [1.29, 1.82) is 0 Å². The summed E-state index contributed by atoms with van der Waals surface area (Å²) in [5, 5.41) is 10.4. The predicted octanol–water partition coefficient (Wildman–Crippen LogP) is 4.27. The zero-order chi connectivity index (χ0) is 16.4. The first-order valence-corrected chi connectivity index (χ1v) is 9.97. The van der Waals surface area contributed by atoms with E-state index in [1.54, 1.807) is 12.1 Å². The van der Waals surface area contributed by atoms with E-state index < -0.39 is 18.5 Å². The minimum absolute atomic E-state index is 0.0807. The highest BCUT2D eigenvalue weighted by Gasteiger charge is 2.45. The van der Waals surface area contributed by atoms with Crippen molar-refractivity contribution >= 4 is 41.7 Å². The van der Waals surface area contributed by atoms with Gasteiger partial charge in [-0.2, -0.15) is 0 Å². The van der Waals surface area contributed by atoms with Gasteiger partial charge in [0, 0.05) is 5.75 Å². The molecule has 0 saturated heterocycles. The molecular weight excluding hydrogens is 432 g/mol. The lowest BCUT2D eigenvalue weighted by atomic mass is 10.0. The second kappa shape index (κ2) is 6.83. The zero-order valence-corrected chi connectivity index (χ0v) is 15.9. The van der Waals surface area contributed by atoms with Gasteiger partial charge in [0.1, 0.15) is 6.10 Å². The van der Waals surface area contributed by atoms with Gasteiger partial charge in [0.05, 0.1) is 0 Å². The second-order valence-electron chi connectivity index (χ2n) is 4.86. The van der Waals surface area contributed by atoms with Crippen LogP contribution < -0.4 is 0 Å². The van der Waals surface area contributed by atoms with Crippen LogP contribution in [0, 0.1) is 0 Å². The Bertz CT molecular complexity index is 726. The fourth-order valence-corrected chi connectivity index (χ4v) is 4.81. The van der Waals surface area contributed by atoms with Gasteiger partial charge in [0.15, 0.2) is 9.84 Å². The Morgan fingerprint density at radius 2 is 1.50 bits per heavy atom. The van der Waals surface area contributed by atoms with E-state index >= 15 is 0 Å². The van der Waals surface area contributed by atoms with E-state index in [0.29, 0.717) is 5.56 Å². The van der Waals surface area contributed by atoms with Gasteiger partial charge < -0.3 is 5.11 Å². The lowest BCUT2D eigenvalue weighted by molar-refractivity contribution is 0.189. The number of hydrogen-bond acceptors (Lipinski definition) is 3. The maximum Gasteiger partial charge on any atom is 0.210 e. The van der Waals surface area contributed by atoms with Gasteiger partial charge in [0.25, 0.3) is 0 Å².